The number of likely N-dealkylation sites (tertiary alicyclic amines) is 1. The van der Waals surface area contributed by atoms with Gasteiger partial charge in [-0.05, 0) is 49.2 Å². The van der Waals surface area contributed by atoms with Crippen molar-refractivity contribution in [3.05, 3.63) is 53.6 Å². The Morgan fingerprint density at radius 3 is 2.55 bits per heavy atom. The molecule has 0 aromatic heterocycles. The summed E-state index contributed by atoms with van der Waals surface area (Å²) in [6.07, 6.45) is 0.244. The fraction of sp³-hybridized carbons (Fsp3) is 0.391. The monoisotopic (exact) mass is 396 g/mol. The number of ether oxygens (including phenoxy) is 2. The lowest BCUT2D eigenvalue weighted by Gasteiger charge is -2.25. The molecule has 0 radical (unpaired) electrons. The minimum Gasteiger partial charge on any atom is -0.493 e. The van der Waals surface area contributed by atoms with Gasteiger partial charge in [0.05, 0.1) is 20.1 Å². The van der Waals surface area contributed by atoms with Crippen molar-refractivity contribution < 1.29 is 19.1 Å². The summed E-state index contributed by atoms with van der Waals surface area (Å²) in [6.45, 7) is 5.40. The summed E-state index contributed by atoms with van der Waals surface area (Å²) in [4.78, 5) is 29.2. The van der Waals surface area contributed by atoms with Gasteiger partial charge in [0.15, 0.2) is 11.5 Å². The molecule has 6 nitrogen and oxygen atoms in total. The van der Waals surface area contributed by atoms with Gasteiger partial charge >= 0.3 is 0 Å². The van der Waals surface area contributed by atoms with Crippen LogP contribution >= 0.6 is 0 Å². The summed E-state index contributed by atoms with van der Waals surface area (Å²) in [5, 5.41) is 0. The molecule has 154 valence electrons. The summed E-state index contributed by atoms with van der Waals surface area (Å²) < 4.78 is 10.6. The van der Waals surface area contributed by atoms with Gasteiger partial charge in [-0.15, -0.1) is 0 Å². The molecule has 1 aliphatic rings. The molecule has 1 aliphatic heterocycles. The standard InChI is InChI=1S/C23H28N2O4/c1-5-25(19-8-6-7-16(2)11-19)23(27)18-13-22(26)24(15-18)14-17-9-10-20(28-3)21(12-17)29-4/h6-12,18H,5,13-15H2,1-4H3. The van der Waals surface area contributed by atoms with Crippen LogP contribution in [0.25, 0.3) is 0 Å². The van der Waals surface area contributed by atoms with E-state index in [1.807, 2.05) is 56.3 Å². The summed E-state index contributed by atoms with van der Waals surface area (Å²) in [6, 6.07) is 13.5. The molecular formula is C23H28N2O4. The topological polar surface area (TPSA) is 59.1 Å². The lowest BCUT2D eigenvalue weighted by molar-refractivity contribution is -0.128. The van der Waals surface area contributed by atoms with Crippen LogP contribution in [0.5, 0.6) is 11.5 Å². The zero-order valence-corrected chi connectivity index (χ0v) is 17.5. The molecule has 2 amide bonds. The van der Waals surface area contributed by atoms with E-state index in [9.17, 15) is 9.59 Å². The van der Waals surface area contributed by atoms with Crippen LogP contribution in [0.2, 0.25) is 0 Å². The van der Waals surface area contributed by atoms with E-state index in [2.05, 4.69) is 0 Å². The Kier molecular flexibility index (Phi) is 6.42. The van der Waals surface area contributed by atoms with Crippen molar-refractivity contribution in [2.24, 2.45) is 5.92 Å². The van der Waals surface area contributed by atoms with Gasteiger partial charge in [0, 0.05) is 31.7 Å². The van der Waals surface area contributed by atoms with Crippen LogP contribution in [-0.4, -0.2) is 44.0 Å². The number of nitrogens with zero attached hydrogens (tertiary/aromatic N) is 2. The molecule has 1 fully saturated rings. The quantitative estimate of drug-likeness (QED) is 0.720. The van der Waals surface area contributed by atoms with Gasteiger partial charge in [-0.2, -0.15) is 0 Å². The van der Waals surface area contributed by atoms with E-state index in [1.54, 1.807) is 24.0 Å². The predicted molar refractivity (Wildman–Crippen MR) is 112 cm³/mol. The lowest BCUT2D eigenvalue weighted by Crippen LogP contribution is -2.37. The summed E-state index contributed by atoms with van der Waals surface area (Å²) in [7, 11) is 3.17. The number of hydrogen-bond acceptors (Lipinski definition) is 4. The van der Waals surface area contributed by atoms with E-state index in [1.165, 1.54) is 0 Å². The molecule has 6 heteroatoms. The minimum atomic E-state index is -0.330. The largest absolute Gasteiger partial charge is 0.493 e. The van der Waals surface area contributed by atoms with E-state index in [-0.39, 0.29) is 24.2 Å². The Balaban J connectivity index is 1.71. The molecule has 1 heterocycles. The predicted octanol–water partition coefficient (Wildman–Crippen LogP) is 3.41. The van der Waals surface area contributed by atoms with Crippen LogP contribution in [0.15, 0.2) is 42.5 Å². The second kappa shape index (κ2) is 8.99. The average molecular weight is 396 g/mol. The zero-order valence-electron chi connectivity index (χ0n) is 17.5. The molecule has 0 aliphatic carbocycles. The van der Waals surface area contributed by atoms with Crippen LogP contribution < -0.4 is 14.4 Å². The number of amides is 2. The van der Waals surface area contributed by atoms with Gasteiger partial charge in [-0.3, -0.25) is 9.59 Å². The highest BCUT2D eigenvalue weighted by atomic mass is 16.5. The van der Waals surface area contributed by atoms with E-state index in [4.69, 9.17) is 9.47 Å². The zero-order chi connectivity index (χ0) is 21.0. The van der Waals surface area contributed by atoms with Gasteiger partial charge in [0.25, 0.3) is 0 Å². The molecular weight excluding hydrogens is 368 g/mol. The van der Waals surface area contributed by atoms with E-state index in [0.29, 0.717) is 31.1 Å². The first-order chi connectivity index (χ1) is 14.0. The third-order valence-corrected chi connectivity index (χ3v) is 5.28. The number of benzene rings is 2. The van der Waals surface area contributed by atoms with Gasteiger partial charge in [-0.25, -0.2) is 0 Å². The van der Waals surface area contributed by atoms with Crippen molar-refractivity contribution in [2.45, 2.75) is 26.8 Å². The van der Waals surface area contributed by atoms with Gasteiger partial charge in [0.2, 0.25) is 11.8 Å². The Morgan fingerprint density at radius 1 is 1.14 bits per heavy atom. The molecule has 0 saturated carbocycles. The highest BCUT2D eigenvalue weighted by Crippen LogP contribution is 2.30. The molecule has 1 saturated heterocycles. The van der Waals surface area contributed by atoms with Crippen molar-refractivity contribution in [2.75, 3.05) is 32.2 Å². The first kappa shape index (κ1) is 20.7. The molecule has 0 spiro atoms. The molecule has 2 aromatic rings. The Hall–Kier alpha value is -3.02. The number of aryl methyl sites for hydroxylation is 1. The minimum absolute atomic E-state index is 0.00117. The molecule has 0 bridgehead atoms. The highest BCUT2D eigenvalue weighted by molar-refractivity contribution is 5.99. The van der Waals surface area contributed by atoms with Crippen molar-refractivity contribution in [3.63, 3.8) is 0 Å². The summed E-state index contributed by atoms with van der Waals surface area (Å²) in [5.74, 6) is 0.942. The second-order valence-corrected chi connectivity index (χ2v) is 7.29. The number of hydrogen-bond donors (Lipinski definition) is 0. The Labute approximate surface area is 172 Å². The van der Waals surface area contributed by atoms with Crippen molar-refractivity contribution in [3.8, 4) is 11.5 Å². The SMILES string of the molecule is CCN(C(=O)C1CC(=O)N(Cc2ccc(OC)c(OC)c2)C1)c1cccc(C)c1. The van der Waals surface area contributed by atoms with E-state index < -0.39 is 0 Å². The van der Waals surface area contributed by atoms with E-state index in [0.717, 1.165) is 16.8 Å². The van der Waals surface area contributed by atoms with Gasteiger partial charge in [-0.1, -0.05) is 18.2 Å². The van der Waals surface area contributed by atoms with Gasteiger partial charge in [0.1, 0.15) is 0 Å². The molecule has 2 aromatic carbocycles. The average Bonchev–Trinajstić information content (AvgIpc) is 3.08. The van der Waals surface area contributed by atoms with Crippen molar-refractivity contribution >= 4 is 17.5 Å². The first-order valence-electron chi connectivity index (χ1n) is 9.83. The number of anilines is 1. The molecule has 1 unspecified atom stereocenters. The second-order valence-electron chi connectivity index (χ2n) is 7.29. The number of carbonyl (C=O) groups excluding carboxylic acids is 2. The first-order valence-corrected chi connectivity index (χ1v) is 9.83. The van der Waals surface area contributed by atoms with Crippen LogP contribution in [0, 0.1) is 12.8 Å². The Morgan fingerprint density at radius 2 is 1.90 bits per heavy atom. The third kappa shape index (κ3) is 4.53. The normalized spacial score (nSPS) is 16.1. The molecule has 29 heavy (non-hydrogen) atoms. The number of rotatable bonds is 7. The number of methoxy groups -OCH3 is 2. The van der Waals surface area contributed by atoms with Crippen molar-refractivity contribution in [1.82, 2.24) is 4.90 Å². The van der Waals surface area contributed by atoms with Crippen LogP contribution in [0.3, 0.4) is 0 Å². The fourth-order valence-electron chi connectivity index (χ4n) is 3.77. The third-order valence-electron chi connectivity index (χ3n) is 5.28. The Bertz CT molecular complexity index is 896. The maximum Gasteiger partial charge on any atom is 0.232 e. The fourth-order valence-corrected chi connectivity index (χ4v) is 3.77. The smallest absolute Gasteiger partial charge is 0.232 e. The number of carbonyl (C=O) groups is 2. The van der Waals surface area contributed by atoms with Crippen LogP contribution in [-0.2, 0) is 16.1 Å². The molecule has 1 atom stereocenters. The lowest BCUT2D eigenvalue weighted by atomic mass is 10.1. The molecule has 3 rings (SSSR count). The highest BCUT2D eigenvalue weighted by Gasteiger charge is 2.36. The van der Waals surface area contributed by atoms with E-state index >= 15 is 0 Å². The van der Waals surface area contributed by atoms with Crippen LogP contribution in [0.4, 0.5) is 5.69 Å². The van der Waals surface area contributed by atoms with Crippen LogP contribution in [0.1, 0.15) is 24.5 Å². The summed E-state index contributed by atoms with van der Waals surface area (Å²) in [5.41, 5.74) is 2.92. The maximum atomic E-state index is 13.1. The molecule has 0 N–H and O–H groups in total. The maximum absolute atomic E-state index is 13.1. The van der Waals surface area contributed by atoms with Crippen molar-refractivity contribution in [1.29, 1.82) is 0 Å². The van der Waals surface area contributed by atoms with Gasteiger partial charge < -0.3 is 19.3 Å². The summed E-state index contributed by atoms with van der Waals surface area (Å²) >= 11 is 0.